The van der Waals surface area contributed by atoms with Crippen LogP contribution < -0.4 is 0 Å². The molecule has 1 aromatic heterocycles. The topological polar surface area (TPSA) is 17.8 Å². The van der Waals surface area contributed by atoms with Crippen LogP contribution >= 0.6 is 11.6 Å². The second kappa shape index (κ2) is 3.54. The Morgan fingerprint density at radius 3 is 3.08 bits per heavy atom. The number of imidazole rings is 1. The molecule has 1 heterocycles. The van der Waals surface area contributed by atoms with Crippen LogP contribution in [0.2, 0.25) is 0 Å². The molecule has 1 unspecified atom stereocenters. The summed E-state index contributed by atoms with van der Waals surface area (Å²) in [4.78, 5) is 4.28. The van der Waals surface area contributed by atoms with Gasteiger partial charge in [-0.3, -0.25) is 0 Å². The van der Waals surface area contributed by atoms with E-state index >= 15 is 0 Å². The van der Waals surface area contributed by atoms with Crippen LogP contribution in [-0.2, 0) is 13.5 Å². The zero-order valence-corrected chi connectivity index (χ0v) is 8.46. The highest BCUT2D eigenvalue weighted by Gasteiger charge is 2.14. The first kappa shape index (κ1) is 8.82. The predicted molar refractivity (Wildman–Crippen MR) is 53.9 cm³/mol. The van der Waals surface area contributed by atoms with Gasteiger partial charge in [-0.05, 0) is 12.8 Å². The van der Waals surface area contributed by atoms with Crippen LogP contribution in [0.3, 0.4) is 0 Å². The monoisotopic (exact) mass is 196 g/mol. The van der Waals surface area contributed by atoms with Crippen molar-refractivity contribution in [2.45, 2.75) is 24.6 Å². The van der Waals surface area contributed by atoms with E-state index in [0.29, 0.717) is 0 Å². The number of hydrogen-bond donors (Lipinski definition) is 0. The highest BCUT2D eigenvalue weighted by Crippen LogP contribution is 2.24. The molecule has 0 saturated carbocycles. The van der Waals surface area contributed by atoms with Crippen molar-refractivity contribution in [3.8, 4) is 0 Å². The van der Waals surface area contributed by atoms with Gasteiger partial charge in [0.2, 0.25) is 0 Å². The Balaban J connectivity index is 2.07. The average molecular weight is 197 g/mol. The first-order chi connectivity index (χ1) is 6.25. The van der Waals surface area contributed by atoms with Crippen LogP contribution in [0.1, 0.15) is 18.7 Å². The van der Waals surface area contributed by atoms with Gasteiger partial charge in [0.25, 0.3) is 0 Å². The van der Waals surface area contributed by atoms with Crippen LogP contribution in [-0.4, -0.2) is 14.9 Å². The highest BCUT2D eigenvalue weighted by molar-refractivity contribution is 6.22. The van der Waals surface area contributed by atoms with Crippen LogP contribution in [0, 0.1) is 0 Å². The molecule has 70 valence electrons. The highest BCUT2D eigenvalue weighted by atomic mass is 35.5. The molecule has 0 bridgehead atoms. The molecule has 0 aromatic carbocycles. The first-order valence-corrected chi connectivity index (χ1v) is 4.99. The fraction of sp³-hybridized carbons (Fsp3) is 0.500. The van der Waals surface area contributed by atoms with Gasteiger partial charge < -0.3 is 4.57 Å². The van der Waals surface area contributed by atoms with Gasteiger partial charge in [0.1, 0.15) is 5.82 Å². The summed E-state index contributed by atoms with van der Waals surface area (Å²) in [6, 6.07) is 0. The van der Waals surface area contributed by atoms with Crippen molar-refractivity contribution < 1.29 is 0 Å². The average Bonchev–Trinajstić information content (AvgIpc) is 2.64. The lowest BCUT2D eigenvalue weighted by atomic mass is 10.1. The van der Waals surface area contributed by atoms with Gasteiger partial charge in [0.15, 0.2) is 0 Å². The Kier molecular flexibility index (Phi) is 2.40. The summed E-state index contributed by atoms with van der Waals surface area (Å²) in [7, 11) is 2.02. The molecule has 0 saturated heterocycles. The predicted octanol–water partition coefficient (Wildman–Crippen LogP) is 2.29. The minimum absolute atomic E-state index is 0.246. The van der Waals surface area contributed by atoms with Gasteiger partial charge >= 0.3 is 0 Å². The van der Waals surface area contributed by atoms with Gasteiger partial charge in [0.05, 0.1) is 5.38 Å². The molecule has 1 aliphatic rings. The van der Waals surface area contributed by atoms with E-state index in [4.69, 9.17) is 11.6 Å². The molecular weight excluding hydrogens is 184 g/mol. The molecule has 1 aliphatic carbocycles. The Hall–Kier alpha value is -0.760. The Bertz CT molecular complexity index is 327. The molecule has 2 nitrogen and oxygen atoms in total. The summed E-state index contributed by atoms with van der Waals surface area (Å²) >= 11 is 5.98. The van der Waals surface area contributed by atoms with E-state index in [0.717, 1.165) is 25.1 Å². The summed E-state index contributed by atoms with van der Waals surface area (Å²) < 4.78 is 2.06. The standard InChI is InChI=1S/C10H13ClN2/c1-13-5-4-12-10(13)7-8-2-3-9(11)6-8/h4-6,9H,2-3,7H2,1H3. The number of hydrogen-bond acceptors (Lipinski definition) is 1. The molecule has 0 fully saturated rings. The van der Waals surface area contributed by atoms with Gasteiger partial charge in [-0.2, -0.15) is 0 Å². The molecule has 0 N–H and O–H groups in total. The molecule has 0 amide bonds. The number of halogens is 1. The van der Waals surface area contributed by atoms with Crippen molar-refractivity contribution >= 4 is 11.6 Å². The minimum atomic E-state index is 0.246. The quantitative estimate of drug-likeness (QED) is 0.524. The van der Waals surface area contributed by atoms with Crippen molar-refractivity contribution in [3.63, 3.8) is 0 Å². The Labute approximate surface area is 83.2 Å². The lowest BCUT2D eigenvalue weighted by molar-refractivity contribution is 0.796. The molecule has 13 heavy (non-hydrogen) atoms. The molecular formula is C10H13ClN2. The fourth-order valence-corrected chi connectivity index (χ4v) is 1.95. The summed E-state index contributed by atoms with van der Waals surface area (Å²) in [6.07, 6.45) is 9.14. The second-order valence-electron chi connectivity index (χ2n) is 3.51. The molecule has 1 atom stereocenters. The number of allylic oxidation sites excluding steroid dienone is 2. The summed E-state index contributed by atoms with van der Waals surface area (Å²) in [5.74, 6) is 1.12. The van der Waals surface area contributed by atoms with E-state index in [1.54, 1.807) is 0 Å². The largest absolute Gasteiger partial charge is 0.338 e. The number of aryl methyl sites for hydroxylation is 1. The summed E-state index contributed by atoms with van der Waals surface area (Å²) in [6.45, 7) is 0. The zero-order valence-electron chi connectivity index (χ0n) is 7.70. The van der Waals surface area contributed by atoms with E-state index in [1.165, 1.54) is 5.57 Å². The van der Waals surface area contributed by atoms with Crippen LogP contribution in [0.4, 0.5) is 0 Å². The maximum Gasteiger partial charge on any atom is 0.112 e. The van der Waals surface area contributed by atoms with Crippen molar-refractivity contribution in [1.29, 1.82) is 0 Å². The van der Waals surface area contributed by atoms with Crippen LogP contribution in [0.5, 0.6) is 0 Å². The van der Waals surface area contributed by atoms with Crippen molar-refractivity contribution in [2.75, 3.05) is 0 Å². The zero-order chi connectivity index (χ0) is 9.26. The lowest BCUT2D eigenvalue weighted by Crippen LogP contribution is -1.98. The van der Waals surface area contributed by atoms with Crippen LogP contribution in [0.15, 0.2) is 24.0 Å². The third kappa shape index (κ3) is 1.94. The SMILES string of the molecule is Cn1ccnc1CC1=CC(Cl)CC1. The molecule has 1 aromatic rings. The van der Waals surface area contributed by atoms with Gasteiger partial charge in [-0.25, -0.2) is 4.98 Å². The summed E-state index contributed by atoms with van der Waals surface area (Å²) in [5.41, 5.74) is 1.43. The smallest absolute Gasteiger partial charge is 0.112 e. The van der Waals surface area contributed by atoms with E-state index in [2.05, 4.69) is 15.6 Å². The molecule has 2 rings (SSSR count). The van der Waals surface area contributed by atoms with Crippen molar-refractivity contribution in [2.24, 2.45) is 7.05 Å². The summed E-state index contributed by atoms with van der Waals surface area (Å²) in [5, 5.41) is 0.246. The van der Waals surface area contributed by atoms with Crippen LogP contribution in [0.25, 0.3) is 0 Å². The maximum atomic E-state index is 5.98. The van der Waals surface area contributed by atoms with Gasteiger partial charge in [-0.15, -0.1) is 11.6 Å². The molecule has 0 aliphatic heterocycles. The third-order valence-corrected chi connectivity index (χ3v) is 2.81. The number of rotatable bonds is 2. The third-order valence-electron chi connectivity index (χ3n) is 2.46. The molecule has 0 radical (unpaired) electrons. The van der Waals surface area contributed by atoms with E-state index in [9.17, 15) is 0 Å². The van der Waals surface area contributed by atoms with E-state index in [-0.39, 0.29) is 5.38 Å². The Morgan fingerprint density at radius 2 is 2.54 bits per heavy atom. The van der Waals surface area contributed by atoms with Gasteiger partial charge in [0, 0.05) is 25.9 Å². The van der Waals surface area contributed by atoms with Crippen molar-refractivity contribution in [1.82, 2.24) is 9.55 Å². The normalized spacial score (nSPS) is 22.0. The lowest BCUT2D eigenvalue weighted by Gasteiger charge is -2.01. The van der Waals surface area contributed by atoms with Crippen molar-refractivity contribution in [3.05, 3.63) is 29.9 Å². The number of aromatic nitrogens is 2. The fourth-order valence-electron chi connectivity index (χ4n) is 1.66. The molecule has 3 heteroatoms. The molecule has 0 spiro atoms. The maximum absolute atomic E-state index is 5.98. The first-order valence-electron chi connectivity index (χ1n) is 4.55. The minimum Gasteiger partial charge on any atom is -0.338 e. The van der Waals surface area contributed by atoms with Gasteiger partial charge in [-0.1, -0.05) is 11.6 Å². The number of nitrogens with zero attached hydrogens (tertiary/aromatic N) is 2. The van der Waals surface area contributed by atoms with E-state index in [1.807, 2.05) is 19.4 Å². The second-order valence-corrected chi connectivity index (χ2v) is 4.07. The van der Waals surface area contributed by atoms with E-state index < -0.39 is 0 Å². The Morgan fingerprint density at radius 1 is 1.69 bits per heavy atom. The number of alkyl halides is 1.